The Labute approximate surface area is 246 Å². The monoisotopic (exact) mass is 538 g/mol. The van der Waals surface area contributed by atoms with Crippen molar-refractivity contribution in [3.05, 3.63) is 118 Å². The molecule has 198 valence electrons. The summed E-state index contributed by atoms with van der Waals surface area (Å²) >= 11 is 0. The van der Waals surface area contributed by atoms with Crippen LogP contribution in [0.4, 0.5) is 11.4 Å². The van der Waals surface area contributed by atoms with Crippen LogP contribution in [0.3, 0.4) is 0 Å². The van der Waals surface area contributed by atoms with Crippen LogP contribution in [0.15, 0.2) is 84.9 Å². The molecule has 0 atom stereocenters. The molecule has 0 bridgehead atoms. The first-order chi connectivity index (χ1) is 20.4. The van der Waals surface area contributed by atoms with Gasteiger partial charge in [0.05, 0.1) is 23.3 Å². The highest BCUT2D eigenvalue weighted by atomic mass is 15.1. The highest BCUT2D eigenvalue weighted by Gasteiger charge is 2.19. The van der Waals surface area contributed by atoms with E-state index in [9.17, 15) is 0 Å². The van der Waals surface area contributed by atoms with Gasteiger partial charge in [-0.15, -0.1) is 0 Å². The number of hydrogen-bond acceptors (Lipinski definition) is 4. The lowest BCUT2D eigenvalue weighted by Gasteiger charge is -2.23. The Hall–Kier alpha value is -5.94. The fraction of sp³-hybridized carbons (Fsp3) is 0.105. The third-order valence-electron chi connectivity index (χ3n) is 7.53. The van der Waals surface area contributed by atoms with E-state index in [1.165, 1.54) is 21.5 Å². The molecule has 0 aromatic heterocycles. The topological polar surface area (TPSA) is 54.1 Å². The van der Waals surface area contributed by atoms with Gasteiger partial charge in [-0.2, -0.15) is 10.5 Å². The predicted molar refractivity (Wildman–Crippen MR) is 173 cm³/mol. The van der Waals surface area contributed by atoms with Crippen LogP contribution >= 0.6 is 0 Å². The van der Waals surface area contributed by atoms with Gasteiger partial charge in [0.2, 0.25) is 0 Å². The molecule has 0 spiro atoms. The summed E-state index contributed by atoms with van der Waals surface area (Å²) < 4.78 is 0. The standard InChI is InChI=1S/C38H26N4/c1-41(2)35-21-29(15-13-25-5-9-27(23-39)10-6-25)31-17-18-32-30(16-14-26-7-11-28(24-40)12-8-26)22-36(42(3)4)34-20-19-33(35)37(31)38(32)34/h5-12,17-22H,1-4H3. The number of rotatable bonds is 2. The molecule has 0 aliphatic carbocycles. The molecule has 0 heterocycles. The SMILES string of the molecule is CN(C)c1cc(C#Cc2ccc(C#N)cc2)c2ccc3c(C#Cc4ccc(C#N)cc4)cc(N(C)C)c4ccc1c2c34. The fourth-order valence-electron chi connectivity index (χ4n) is 5.44. The average Bonchev–Trinajstić information content (AvgIpc) is 3.02. The minimum atomic E-state index is 0.618. The summed E-state index contributed by atoms with van der Waals surface area (Å²) in [6, 6.07) is 32.1. The highest BCUT2D eigenvalue weighted by molar-refractivity contribution is 6.29. The third-order valence-corrected chi connectivity index (χ3v) is 7.53. The van der Waals surface area contributed by atoms with Crippen molar-refractivity contribution >= 4 is 43.7 Å². The van der Waals surface area contributed by atoms with Gasteiger partial charge < -0.3 is 9.80 Å². The molecule has 0 radical (unpaired) electrons. The summed E-state index contributed by atoms with van der Waals surface area (Å²) in [5.41, 5.74) is 7.06. The molecule has 6 aromatic rings. The Morgan fingerprint density at radius 3 is 1.10 bits per heavy atom. The van der Waals surface area contributed by atoms with Gasteiger partial charge >= 0.3 is 0 Å². The number of nitrogens with zero attached hydrogens (tertiary/aromatic N) is 4. The van der Waals surface area contributed by atoms with Crippen molar-refractivity contribution in [1.29, 1.82) is 10.5 Å². The van der Waals surface area contributed by atoms with Gasteiger partial charge in [-0.25, -0.2) is 0 Å². The molecule has 0 fully saturated rings. The minimum absolute atomic E-state index is 0.618. The van der Waals surface area contributed by atoms with E-state index in [2.05, 4.69) is 110 Å². The van der Waals surface area contributed by atoms with E-state index < -0.39 is 0 Å². The molecule has 6 rings (SSSR count). The van der Waals surface area contributed by atoms with Crippen LogP contribution in [-0.4, -0.2) is 28.2 Å². The molecule has 4 nitrogen and oxygen atoms in total. The Morgan fingerprint density at radius 1 is 0.429 bits per heavy atom. The van der Waals surface area contributed by atoms with Crippen molar-refractivity contribution < 1.29 is 0 Å². The smallest absolute Gasteiger partial charge is 0.0991 e. The summed E-state index contributed by atoms with van der Waals surface area (Å²) in [4.78, 5) is 4.27. The number of nitriles is 2. The second-order valence-electron chi connectivity index (χ2n) is 10.6. The van der Waals surface area contributed by atoms with Gasteiger partial charge in [-0.05, 0) is 71.4 Å². The first-order valence-corrected chi connectivity index (χ1v) is 13.6. The van der Waals surface area contributed by atoms with Crippen molar-refractivity contribution in [1.82, 2.24) is 0 Å². The first kappa shape index (κ1) is 26.3. The minimum Gasteiger partial charge on any atom is -0.377 e. The number of hydrogen-bond donors (Lipinski definition) is 0. The van der Waals surface area contributed by atoms with E-state index in [1.54, 1.807) is 24.3 Å². The summed E-state index contributed by atoms with van der Waals surface area (Å²) in [7, 11) is 8.24. The molecule has 6 aromatic carbocycles. The lowest BCUT2D eigenvalue weighted by molar-refractivity contribution is 1.14. The van der Waals surface area contributed by atoms with Gasteiger partial charge in [0.15, 0.2) is 0 Å². The fourth-order valence-corrected chi connectivity index (χ4v) is 5.44. The maximum Gasteiger partial charge on any atom is 0.0991 e. The zero-order valence-electron chi connectivity index (χ0n) is 23.9. The first-order valence-electron chi connectivity index (χ1n) is 13.6. The van der Waals surface area contributed by atoms with Crippen LogP contribution in [0.25, 0.3) is 32.3 Å². The zero-order chi connectivity index (χ0) is 29.4. The molecular formula is C38H26N4. The van der Waals surface area contributed by atoms with Crippen LogP contribution < -0.4 is 9.80 Å². The largest absolute Gasteiger partial charge is 0.377 e. The Kier molecular flexibility index (Phi) is 6.61. The highest BCUT2D eigenvalue weighted by Crippen LogP contribution is 2.44. The Balaban J connectivity index is 1.64. The third kappa shape index (κ3) is 4.59. The molecule has 0 amide bonds. The molecule has 0 saturated heterocycles. The van der Waals surface area contributed by atoms with Gasteiger partial charge in [-0.3, -0.25) is 0 Å². The van der Waals surface area contributed by atoms with Gasteiger partial charge in [-0.1, -0.05) is 47.9 Å². The van der Waals surface area contributed by atoms with Gasteiger partial charge in [0.1, 0.15) is 0 Å². The molecule has 42 heavy (non-hydrogen) atoms. The van der Waals surface area contributed by atoms with E-state index in [0.717, 1.165) is 44.4 Å². The molecule has 0 aliphatic heterocycles. The van der Waals surface area contributed by atoms with Crippen LogP contribution in [0, 0.1) is 46.3 Å². The van der Waals surface area contributed by atoms with E-state index >= 15 is 0 Å². The maximum atomic E-state index is 9.14. The molecular weight excluding hydrogens is 512 g/mol. The average molecular weight is 539 g/mol. The summed E-state index contributed by atoms with van der Waals surface area (Å²) in [6.07, 6.45) is 0. The maximum absolute atomic E-state index is 9.14. The Bertz CT molecular complexity index is 2040. The second kappa shape index (κ2) is 10.6. The second-order valence-corrected chi connectivity index (χ2v) is 10.6. The van der Waals surface area contributed by atoms with Crippen molar-refractivity contribution in [3.8, 4) is 35.8 Å². The van der Waals surface area contributed by atoms with Gasteiger partial charge in [0.25, 0.3) is 0 Å². The van der Waals surface area contributed by atoms with Crippen LogP contribution in [0.2, 0.25) is 0 Å². The Morgan fingerprint density at radius 2 is 0.762 bits per heavy atom. The quantitative estimate of drug-likeness (QED) is 0.172. The normalized spacial score (nSPS) is 10.4. The molecule has 0 unspecified atom stereocenters. The van der Waals surface area contributed by atoms with Crippen molar-refractivity contribution in [2.24, 2.45) is 0 Å². The summed E-state index contributed by atoms with van der Waals surface area (Å²) in [5, 5.41) is 25.2. The molecule has 0 saturated carbocycles. The lowest BCUT2D eigenvalue weighted by atomic mass is 9.88. The van der Waals surface area contributed by atoms with Crippen LogP contribution in [0.1, 0.15) is 33.4 Å². The summed E-state index contributed by atoms with van der Waals surface area (Å²) in [5.74, 6) is 13.5. The lowest BCUT2D eigenvalue weighted by Crippen LogP contribution is -2.11. The van der Waals surface area contributed by atoms with E-state index in [0.29, 0.717) is 11.1 Å². The van der Waals surface area contributed by atoms with Crippen LogP contribution in [-0.2, 0) is 0 Å². The number of benzene rings is 6. The molecule has 0 N–H and O–H groups in total. The number of anilines is 2. The predicted octanol–water partition coefficient (Wildman–Crippen LogP) is 7.26. The molecule has 0 aliphatic rings. The van der Waals surface area contributed by atoms with Crippen LogP contribution in [0.5, 0.6) is 0 Å². The van der Waals surface area contributed by atoms with Gasteiger partial charge in [0, 0.05) is 83.4 Å². The van der Waals surface area contributed by atoms with E-state index in [1.807, 2.05) is 24.3 Å². The zero-order valence-corrected chi connectivity index (χ0v) is 23.9. The summed E-state index contributed by atoms with van der Waals surface area (Å²) in [6.45, 7) is 0. The van der Waals surface area contributed by atoms with E-state index in [4.69, 9.17) is 10.5 Å². The van der Waals surface area contributed by atoms with Crippen molar-refractivity contribution in [2.75, 3.05) is 38.0 Å². The van der Waals surface area contributed by atoms with Crippen molar-refractivity contribution in [2.45, 2.75) is 0 Å². The van der Waals surface area contributed by atoms with Crippen molar-refractivity contribution in [3.63, 3.8) is 0 Å². The van der Waals surface area contributed by atoms with E-state index in [-0.39, 0.29) is 0 Å². The molecule has 4 heteroatoms.